The standard InChI is InChI=1S/C24H25NO3/c1-18-8-6-7-11-23(18)28-19(2)24(26)25-21-12-14-22(15-13-21)27-17-16-20-9-4-3-5-10-20/h3-15,19H,16-17H2,1-2H3,(H,25,26). The number of ether oxygens (including phenoxy) is 2. The quantitative estimate of drug-likeness (QED) is 0.601. The summed E-state index contributed by atoms with van der Waals surface area (Å²) in [5.74, 6) is 1.30. The van der Waals surface area contributed by atoms with Crippen molar-refractivity contribution < 1.29 is 14.3 Å². The third-order valence-electron chi connectivity index (χ3n) is 4.39. The monoisotopic (exact) mass is 375 g/mol. The van der Waals surface area contributed by atoms with Crippen molar-refractivity contribution in [2.75, 3.05) is 11.9 Å². The Balaban J connectivity index is 1.48. The highest BCUT2D eigenvalue weighted by Crippen LogP contribution is 2.19. The second kappa shape index (κ2) is 9.60. The Hall–Kier alpha value is -3.27. The van der Waals surface area contributed by atoms with Crippen LogP contribution >= 0.6 is 0 Å². The van der Waals surface area contributed by atoms with E-state index in [2.05, 4.69) is 17.4 Å². The van der Waals surface area contributed by atoms with Gasteiger partial charge in [-0.2, -0.15) is 0 Å². The van der Waals surface area contributed by atoms with Crippen LogP contribution in [0.5, 0.6) is 11.5 Å². The van der Waals surface area contributed by atoms with E-state index in [0.29, 0.717) is 18.0 Å². The zero-order chi connectivity index (χ0) is 19.8. The summed E-state index contributed by atoms with van der Waals surface area (Å²) in [6.07, 6.45) is 0.260. The molecule has 144 valence electrons. The fourth-order valence-electron chi connectivity index (χ4n) is 2.74. The van der Waals surface area contributed by atoms with Crippen LogP contribution in [0.4, 0.5) is 5.69 Å². The van der Waals surface area contributed by atoms with E-state index in [-0.39, 0.29) is 5.91 Å². The van der Waals surface area contributed by atoms with Crippen molar-refractivity contribution in [2.45, 2.75) is 26.4 Å². The van der Waals surface area contributed by atoms with Gasteiger partial charge in [0, 0.05) is 12.1 Å². The second-order valence-corrected chi connectivity index (χ2v) is 6.62. The molecule has 28 heavy (non-hydrogen) atoms. The number of nitrogens with one attached hydrogen (secondary N) is 1. The molecule has 0 saturated heterocycles. The van der Waals surface area contributed by atoms with Crippen molar-refractivity contribution >= 4 is 11.6 Å². The number of rotatable bonds is 8. The van der Waals surface area contributed by atoms with Crippen LogP contribution in [0.1, 0.15) is 18.1 Å². The van der Waals surface area contributed by atoms with Crippen molar-refractivity contribution in [3.8, 4) is 11.5 Å². The van der Waals surface area contributed by atoms with Gasteiger partial charge in [-0.05, 0) is 55.3 Å². The Bertz CT molecular complexity index is 891. The second-order valence-electron chi connectivity index (χ2n) is 6.62. The van der Waals surface area contributed by atoms with E-state index >= 15 is 0 Å². The topological polar surface area (TPSA) is 47.6 Å². The highest BCUT2D eigenvalue weighted by atomic mass is 16.5. The molecule has 4 heteroatoms. The summed E-state index contributed by atoms with van der Waals surface area (Å²) in [7, 11) is 0. The predicted octanol–water partition coefficient (Wildman–Crippen LogP) is 5.02. The molecule has 1 atom stereocenters. The van der Waals surface area contributed by atoms with Crippen molar-refractivity contribution in [3.63, 3.8) is 0 Å². The average molecular weight is 375 g/mol. The molecule has 3 aromatic carbocycles. The molecule has 0 bridgehead atoms. The predicted molar refractivity (Wildman–Crippen MR) is 112 cm³/mol. The van der Waals surface area contributed by atoms with E-state index in [9.17, 15) is 4.79 Å². The molecule has 0 spiro atoms. The van der Waals surface area contributed by atoms with Gasteiger partial charge in [-0.3, -0.25) is 4.79 Å². The zero-order valence-electron chi connectivity index (χ0n) is 16.2. The normalized spacial score (nSPS) is 11.5. The van der Waals surface area contributed by atoms with E-state index in [1.54, 1.807) is 6.92 Å². The molecule has 0 aromatic heterocycles. The molecule has 0 saturated carbocycles. The number of carbonyl (C=O) groups excluding carboxylic acids is 1. The molecule has 0 aliphatic heterocycles. The molecule has 1 unspecified atom stereocenters. The minimum absolute atomic E-state index is 0.194. The third kappa shape index (κ3) is 5.61. The molecule has 4 nitrogen and oxygen atoms in total. The molecule has 1 N–H and O–H groups in total. The number of hydrogen-bond acceptors (Lipinski definition) is 3. The largest absolute Gasteiger partial charge is 0.493 e. The molecule has 0 aliphatic carbocycles. The van der Waals surface area contributed by atoms with Crippen molar-refractivity contribution in [1.82, 2.24) is 0 Å². The van der Waals surface area contributed by atoms with Crippen molar-refractivity contribution in [3.05, 3.63) is 90.0 Å². The van der Waals surface area contributed by atoms with Crippen molar-refractivity contribution in [2.24, 2.45) is 0 Å². The summed E-state index contributed by atoms with van der Waals surface area (Å²) in [6.45, 7) is 4.30. The smallest absolute Gasteiger partial charge is 0.265 e. The number of carbonyl (C=O) groups is 1. The molecule has 0 fully saturated rings. The number of benzene rings is 3. The lowest BCUT2D eigenvalue weighted by molar-refractivity contribution is -0.122. The van der Waals surface area contributed by atoms with Crippen LogP contribution in [0, 0.1) is 6.92 Å². The molecule has 3 rings (SSSR count). The number of amides is 1. The van der Waals surface area contributed by atoms with Gasteiger partial charge in [0.15, 0.2) is 6.10 Å². The van der Waals surface area contributed by atoms with Gasteiger partial charge < -0.3 is 14.8 Å². The van der Waals surface area contributed by atoms with Crippen LogP contribution in [-0.4, -0.2) is 18.6 Å². The Morgan fingerprint density at radius 3 is 2.32 bits per heavy atom. The Labute approximate surface area is 166 Å². The summed E-state index contributed by atoms with van der Waals surface area (Å²) in [5, 5.41) is 2.87. The van der Waals surface area contributed by atoms with Crippen LogP contribution in [0.25, 0.3) is 0 Å². The summed E-state index contributed by atoms with van der Waals surface area (Å²) in [5.41, 5.74) is 2.95. The molecule has 0 heterocycles. The minimum atomic E-state index is -0.595. The fourth-order valence-corrected chi connectivity index (χ4v) is 2.74. The molecule has 3 aromatic rings. The van der Waals surface area contributed by atoms with E-state index in [0.717, 1.165) is 17.7 Å². The molecule has 0 radical (unpaired) electrons. The maximum atomic E-state index is 12.4. The van der Waals surface area contributed by atoms with E-state index in [1.165, 1.54) is 5.56 Å². The van der Waals surface area contributed by atoms with Gasteiger partial charge in [-0.25, -0.2) is 0 Å². The first-order valence-electron chi connectivity index (χ1n) is 9.42. The SMILES string of the molecule is Cc1ccccc1OC(C)C(=O)Nc1ccc(OCCc2ccccc2)cc1. The van der Waals surface area contributed by atoms with Gasteiger partial charge in [0.25, 0.3) is 5.91 Å². The Morgan fingerprint density at radius 2 is 1.61 bits per heavy atom. The van der Waals surface area contributed by atoms with Gasteiger partial charge in [-0.15, -0.1) is 0 Å². The van der Waals surface area contributed by atoms with Crippen LogP contribution in [0.2, 0.25) is 0 Å². The molecule has 0 aliphatic rings. The molecular formula is C24H25NO3. The summed E-state index contributed by atoms with van der Waals surface area (Å²) >= 11 is 0. The number of para-hydroxylation sites is 1. The highest BCUT2D eigenvalue weighted by Gasteiger charge is 2.15. The Kier molecular flexibility index (Phi) is 6.68. The molecular weight excluding hydrogens is 350 g/mol. The lowest BCUT2D eigenvalue weighted by Crippen LogP contribution is -2.30. The number of anilines is 1. The number of hydrogen-bond donors (Lipinski definition) is 1. The summed E-state index contributed by atoms with van der Waals surface area (Å²) in [4.78, 5) is 12.4. The molecule has 1 amide bonds. The third-order valence-corrected chi connectivity index (χ3v) is 4.39. The van der Waals surface area contributed by atoms with Crippen LogP contribution in [-0.2, 0) is 11.2 Å². The zero-order valence-corrected chi connectivity index (χ0v) is 16.2. The van der Waals surface area contributed by atoms with E-state index in [4.69, 9.17) is 9.47 Å². The number of aryl methyl sites for hydroxylation is 1. The van der Waals surface area contributed by atoms with Crippen molar-refractivity contribution in [1.29, 1.82) is 0 Å². The maximum absolute atomic E-state index is 12.4. The lowest BCUT2D eigenvalue weighted by atomic mass is 10.2. The first kappa shape index (κ1) is 19.5. The van der Waals surface area contributed by atoms with Gasteiger partial charge in [0.05, 0.1) is 6.61 Å². The van der Waals surface area contributed by atoms with Crippen LogP contribution in [0.15, 0.2) is 78.9 Å². The van der Waals surface area contributed by atoms with Gasteiger partial charge >= 0.3 is 0 Å². The van der Waals surface area contributed by atoms with Gasteiger partial charge in [-0.1, -0.05) is 48.5 Å². The minimum Gasteiger partial charge on any atom is -0.493 e. The first-order valence-corrected chi connectivity index (χ1v) is 9.42. The lowest BCUT2D eigenvalue weighted by Gasteiger charge is -2.16. The summed E-state index contributed by atoms with van der Waals surface area (Å²) in [6, 6.07) is 25.2. The summed E-state index contributed by atoms with van der Waals surface area (Å²) < 4.78 is 11.5. The van der Waals surface area contributed by atoms with E-state index in [1.807, 2.05) is 73.7 Å². The first-order chi connectivity index (χ1) is 13.6. The Morgan fingerprint density at radius 1 is 0.929 bits per heavy atom. The van der Waals surface area contributed by atoms with Gasteiger partial charge in [0.1, 0.15) is 11.5 Å². The van der Waals surface area contributed by atoms with Crippen LogP contribution < -0.4 is 14.8 Å². The van der Waals surface area contributed by atoms with Gasteiger partial charge in [0.2, 0.25) is 0 Å². The fraction of sp³-hybridized carbons (Fsp3) is 0.208. The van der Waals surface area contributed by atoms with E-state index < -0.39 is 6.10 Å². The highest BCUT2D eigenvalue weighted by molar-refractivity contribution is 5.94. The van der Waals surface area contributed by atoms with Crippen LogP contribution in [0.3, 0.4) is 0 Å². The average Bonchev–Trinajstić information content (AvgIpc) is 2.72. The maximum Gasteiger partial charge on any atom is 0.265 e.